The second kappa shape index (κ2) is 11.8. The van der Waals surface area contributed by atoms with E-state index in [1.807, 2.05) is 60.7 Å². The van der Waals surface area contributed by atoms with Crippen LogP contribution in [0.1, 0.15) is 36.1 Å². The number of aromatic nitrogens is 1. The molecule has 0 bridgehead atoms. The van der Waals surface area contributed by atoms with Crippen molar-refractivity contribution in [3.63, 3.8) is 0 Å². The number of ether oxygens (including phenoxy) is 2. The zero-order valence-corrected chi connectivity index (χ0v) is 21.7. The molecular weight excluding hydrogens is 502 g/mol. The van der Waals surface area contributed by atoms with Gasteiger partial charge >= 0.3 is 17.6 Å². The lowest BCUT2D eigenvalue weighted by Gasteiger charge is -2.37. The van der Waals surface area contributed by atoms with Crippen LogP contribution in [-0.2, 0) is 42.4 Å². The first-order chi connectivity index (χ1) is 18.8. The van der Waals surface area contributed by atoms with Crippen LogP contribution >= 0.6 is 0 Å². The molecule has 0 saturated heterocycles. The minimum atomic E-state index is -1.46. The largest absolute Gasteiger partial charge is 0.468 e. The number of hydrogen-bond acceptors (Lipinski definition) is 9. The van der Waals surface area contributed by atoms with Gasteiger partial charge in [0.25, 0.3) is 0 Å². The SMILES string of the molecule is COC(=O)C1CC(C(=O)OC)(c2ccc([N+](=O)[O-])c(N(Cc3ccccc3)Cc3ccccc3)n2)CCC1=O. The maximum Gasteiger partial charge on any atom is 0.317 e. The van der Waals surface area contributed by atoms with Gasteiger partial charge in [-0.05, 0) is 30.0 Å². The summed E-state index contributed by atoms with van der Waals surface area (Å²) in [5.74, 6) is -2.86. The van der Waals surface area contributed by atoms with Gasteiger partial charge in [0.2, 0.25) is 5.82 Å². The Bertz CT molecular complexity index is 1310. The standard InChI is InChI=1S/C29H29N3O7/c1-38-27(34)22-17-29(28(35)39-2,16-15-24(22)33)25-14-13-23(32(36)37)26(30-25)31(18-20-9-5-3-6-10-20)19-21-11-7-4-8-12-21/h3-14,22H,15-19H2,1-2H3. The van der Waals surface area contributed by atoms with Crippen molar-refractivity contribution in [1.29, 1.82) is 0 Å². The fourth-order valence-corrected chi connectivity index (χ4v) is 5.05. The summed E-state index contributed by atoms with van der Waals surface area (Å²) in [6.45, 7) is 0.614. The molecule has 0 N–H and O–H groups in total. The molecule has 10 nitrogen and oxygen atoms in total. The van der Waals surface area contributed by atoms with Gasteiger partial charge in [0, 0.05) is 25.6 Å². The van der Waals surface area contributed by atoms with Gasteiger partial charge in [0.05, 0.1) is 24.8 Å². The number of benzene rings is 2. The molecule has 0 aliphatic heterocycles. The van der Waals surface area contributed by atoms with Crippen molar-refractivity contribution in [3.8, 4) is 0 Å². The summed E-state index contributed by atoms with van der Waals surface area (Å²) in [5.41, 5.74) is 0.319. The van der Waals surface area contributed by atoms with Crippen LogP contribution in [0.2, 0.25) is 0 Å². The zero-order valence-electron chi connectivity index (χ0n) is 21.7. The van der Waals surface area contributed by atoms with E-state index in [2.05, 4.69) is 0 Å². The highest BCUT2D eigenvalue weighted by molar-refractivity contribution is 6.01. The van der Waals surface area contributed by atoms with Gasteiger partial charge in [-0.15, -0.1) is 0 Å². The molecule has 0 radical (unpaired) electrons. The minimum Gasteiger partial charge on any atom is -0.468 e. The normalized spacial score (nSPS) is 18.7. The van der Waals surface area contributed by atoms with Crippen LogP contribution in [0.3, 0.4) is 0 Å². The van der Waals surface area contributed by atoms with Crippen molar-refractivity contribution in [1.82, 2.24) is 4.98 Å². The number of ketones is 1. The Balaban J connectivity index is 1.86. The van der Waals surface area contributed by atoms with Gasteiger partial charge < -0.3 is 14.4 Å². The first kappa shape index (κ1) is 27.4. The number of carbonyl (C=O) groups excluding carboxylic acids is 3. The Morgan fingerprint density at radius 1 is 0.974 bits per heavy atom. The number of carbonyl (C=O) groups is 3. The number of anilines is 1. The Labute approximate surface area is 225 Å². The third-order valence-corrected chi connectivity index (χ3v) is 7.07. The average molecular weight is 532 g/mol. The van der Waals surface area contributed by atoms with E-state index in [9.17, 15) is 24.5 Å². The van der Waals surface area contributed by atoms with Gasteiger partial charge in [-0.25, -0.2) is 4.98 Å². The van der Waals surface area contributed by atoms with E-state index in [0.29, 0.717) is 13.1 Å². The van der Waals surface area contributed by atoms with Crippen LogP contribution in [0.15, 0.2) is 72.8 Å². The number of esters is 2. The molecule has 1 fully saturated rings. The minimum absolute atomic E-state index is 0.0492. The fraction of sp³-hybridized carbons (Fsp3) is 0.310. The number of nitro groups is 1. The van der Waals surface area contributed by atoms with Crippen LogP contribution in [0.4, 0.5) is 11.5 Å². The van der Waals surface area contributed by atoms with E-state index in [0.717, 1.165) is 11.1 Å². The summed E-state index contributed by atoms with van der Waals surface area (Å²) in [6, 6.07) is 21.7. The molecular formula is C29H29N3O7. The Kier molecular flexibility index (Phi) is 8.33. The quantitative estimate of drug-likeness (QED) is 0.173. The van der Waals surface area contributed by atoms with Crippen LogP contribution in [0.5, 0.6) is 0 Å². The average Bonchev–Trinajstić information content (AvgIpc) is 2.97. The Morgan fingerprint density at radius 3 is 2.08 bits per heavy atom. The lowest BCUT2D eigenvalue weighted by atomic mass is 9.67. The molecule has 2 unspecified atom stereocenters. The summed E-state index contributed by atoms with van der Waals surface area (Å²) in [4.78, 5) is 56.4. The highest BCUT2D eigenvalue weighted by Crippen LogP contribution is 2.43. The van der Waals surface area contributed by atoms with Crippen LogP contribution in [0, 0.1) is 16.0 Å². The van der Waals surface area contributed by atoms with E-state index < -0.39 is 28.2 Å². The molecule has 0 amide bonds. The van der Waals surface area contributed by atoms with Crippen LogP contribution in [0.25, 0.3) is 0 Å². The molecule has 1 heterocycles. The maximum absolute atomic E-state index is 13.3. The third-order valence-electron chi connectivity index (χ3n) is 7.07. The van der Waals surface area contributed by atoms with Crippen molar-refractivity contribution < 1.29 is 28.8 Å². The van der Waals surface area contributed by atoms with Crippen molar-refractivity contribution in [2.24, 2.45) is 5.92 Å². The van der Waals surface area contributed by atoms with Gasteiger partial charge in [-0.3, -0.25) is 24.5 Å². The predicted molar refractivity (Wildman–Crippen MR) is 142 cm³/mol. The van der Waals surface area contributed by atoms with Crippen molar-refractivity contribution >= 4 is 29.2 Å². The molecule has 2 aromatic carbocycles. The highest BCUT2D eigenvalue weighted by atomic mass is 16.6. The van der Waals surface area contributed by atoms with E-state index in [4.69, 9.17) is 14.5 Å². The van der Waals surface area contributed by atoms with E-state index in [-0.39, 0.29) is 42.2 Å². The van der Waals surface area contributed by atoms with Gasteiger partial charge in [0.1, 0.15) is 17.1 Å². The molecule has 202 valence electrons. The van der Waals surface area contributed by atoms with Gasteiger partial charge in [-0.2, -0.15) is 0 Å². The number of nitrogens with zero attached hydrogens (tertiary/aromatic N) is 3. The van der Waals surface area contributed by atoms with Crippen LogP contribution in [-0.4, -0.2) is 41.8 Å². The van der Waals surface area contributed by atoms with E-state index >= 15 is 0 Å². The monoisotopic (exact) mass is 531 g/mol. The molecule has 2 atom stereocenters. The number of methoxy groups -OCH3 is 2. The highest BCUT2D eigenvalue weighted by Gasteiger charge is 2.52. The Hall–Kier alpha value is -4.60. The third kappa shape index (κ3) is 5.79. The number of Topliss-reactive ketones (excluding diaryl/α,β-unsaturated/α-hetero) is 1. The summed E-state index contributed by atoms with van der Waals surface area (Å²) >= 11 is 0. The summed E-state index contributed by atoms with van der Waals surface area (Å²) in [6.07, 6.45) is -0.221. The molecule has 1 aliphatic carbocycles. The molecule has 3 aromatic rings. The van der Waals surface area contributed by atoms with Gasteiger partial charge in [-0.1, -0.05) is 60.7 Å². The number of hydrogen-bond donors (Lipinski definition) is 0. The van der Waals surface area contributed by atoms with E-state index in [1.165, 1.54) is 26.4 Å². The first-order valence-corrected chi connectivity index (χ1v) is 12.5. The van der Waals surface area contributed by atoms with Gasteiger partial charge in [0.15, 0.2) is 0 Å². The lowest BCUT2D eigenvalue weighted by Crippen LogP contribution is -2.47. The number of rotatable bonds is 9. The molecule has 1 aromatic heterocycles. The molecule has 39 heavy (non-hydrogen) atoms. The summed E-state index contributed by atoms with van der Waals surface area (Å²) in [7, 11) is 2.40. The lowest BCUT2D eigenvalue weighted by molar-refractivity contribution is -0.384. The molecule has 4 rings (SSSR count). The number of pyridine rings is 1. The fourth-order valence-electron chi connectivity index (χ4n) is 5.05. The molecule has 0 spiro atoms. The topological polar surface area (TPSA) is 129 Å². The van der Waals surface area contributed by atoms with Crippen molar-refractivity contribution in [3.05, 3.63) is 99.7 Å². The molecule has 1 aliphatic rings. The zero-order chi connectivity index (χ0) is 28.0. The van der Waals surface area contributed by atoms with E-state index in [1.54, 1.807) is 4.90 Å². The maximum atomic E-state index is 13.3. The smallest absolute Gasteiger partial charge is 0.317 e. The molecule has 1 saturated carbocycles. The van der Waals surface area contributed by atoms with Crippen molar-refractivity contribution in [2.75, 3.05) is 19.1 Å². The summed E-state index contributed by atoms with van der Waals surface area (Å²) in [5, 5.41) is 12.2. The Morgan fingerprint density at radius 2 is 1.56 bits per heavy atom. The predicted octanol–water partition coefficient (Wildman–Crippen LogP) is 4.15. The summed E-state index contributed by atoms with van der Waals surface area (Å²) < 4.78 is 9.94. The molecule has 10 heteroatoms. The van der Waals surface area contributed by atoms with Crippen molar-refractivity contribution in [2.45, 2.75) is 37.8 Å². The first-order valence-electron chi connectivity index (χ1n) is 12.5. The van der Waals surface area contributed by atoms with Crippen LogP contribution < -0.4 is 4.90 Å². The second-order valence-corrected chi connectivity index (χ2v) is 9.44. The second-order valence-electron chi connectivity index (χ2n) is 9.44.